The second-order valence-corrected chi connectivity index (χ2v) is 6.42. The number of benzene rings is 2. The monoisotopic (exact) mass is 421 g/mol. The number of carbonyl (C=O) groups excluding carboxylic acids is 2. The first kappa shape index (κ1) is 22.4. The lowest BCUT2D eigenvalue weighted by Gasteiger charge is -2.12. The molecule has 2 aromatic carbocycles. The highest BCUT2D eigenvalue weighted by atomic mass is 35.5. The Morgan fingerprint density at radius 2 is 1.76 bits per heavy atom. The van der Waals surface area contributed by atoms with Crippen molar-refractivity contribution in [2.45, 2.75) is 20.3 Å². The van der Waals surface area contributed by atoms with E-state index in [1.807, 2.05) is 32.0 Å². The highest BCUT2D eigenvalue weighted by Crippen LogP contribution is 2.28. The third kappa shape index (κ3) is 6.87. The molecule has 2 N–H and O–H groups in total. The normalized spacial score (nSPS) is 10.3. The van der Waals surface area contributed by atoms with Gasteiger partial charge in [-0.1, -0.05) is 17.7 Å². The molecular formula is C21H24ClNO6. The first-order valence-electron chi connectivity index (χ1n) is 9.25. The third-order valence-corrected chi connectivity index (χ3v) is 4.09. The van der Waals surface area contributed by atoms with Crippen molar-refractivity contribution in [3.05, 3.63) is 52.5 Å². The van der Waals surface area contributed by atoms with Gasteiger partial charge in [0.15, 0.2) is 18.1 Å². The molecule has 8 heteroatoms. The Bertz CT molecular complexity index is 855. The molecule has 0 aromatic heterocycles. The lowest BCUT2D eigenvalue weighted by Crippen LogP contribution is -2.30. The number of esters is 1. The predicted octanol–water partition coefficient (Wildman–Crippen LogP) is 3.36. The molecular weight excluding hydrogens is 398 g/mol. The van der Waals surface area contributed by atoms with Gasteiger partial charge in [-0.25, -0.2) is 4.79 Å². The zero-order valence-electron chi connectivity index (χ0n) is 16.4. The molecule has 29 heavy (non-hydrogen) atoms. The molecule has 0 radical (unpaired) electrons. The fraction of sp³-hybridized carbons (Fsp3) is 0.333. The van der Waals surface area contributed by atoms with E-state index in [1.165, 1.54) is 18.2 Å². The van der Waals surface area contributed by atoms with Crippen LogP contribution in [0.15, 0.2) is 36.4 Å². The van der Waals surface area contributed by atoms with E-state index in [1.54, 1.807) is 0 Å². The SMILES string of the molecule is CCOc1ccc(CCNC(=O)COC(=O)c2ccc(Cl)cc2O)cc1OCC. The predicted molar refractivity (Wildman–Crippen MR) is 109 cm³/mol. The summed E-state index contributed by atoms with van der Waals surface area (Å²) in [5.41, 5.74) is 0.917. The molecule has 0 spiro atoms. The Kier molecular flexibility index (Phi) is 8.61. The number of halogens is 1. The van der Waals surface area contributed by atoms with Gasteiger partial charge in [0.1, 0.15) is 11.3 Å². The van der Waals surface area contributed by atoms with Crippen LogP contribution in [0.3, 0.4) is 0 Å². The molecule has 1 amide bonds. The van der Waals surface area contributed by atoms with E-state index < -0.39 is 18.5 Å². The minimum atomic E-state index is -0.804. The van der Waals surface area contributed by atoms with Crippen molar-refractivity contribution >= 4 is 23.5 Å². The van der Waals surface area contributed by atoms with Gasteiger partial charge in [0, 0.05) is 11.6 Å². The molecule has 0 saturated carbocycles. The summed E-state index contributed by atoms with van der Waals surface area (Å²) < 4.78 is 16.0. The lowest BCUT2D eigenvalue weighted by molar-refractivity contribution is -0.124. The van der Waals surface area contributed by atoms with Crippen molar-refractivity contribution < 1.29 is 28.9 Å². The van der Waals surface area contributed by atoms with Gasteiger partial charge in [0.25, 0.3) is 5.91 Å². The van der Waals surface area contributed by atoms with Gasteiger partial charge in [0.2, 0.25) is 0 Å². The first-order chi connectivity index (χ1) is 13.9. The van der Waals surface area contributed by atoms with Crippen LogP contribution in [0.1, 0.15) is 29.8 Å². The fourth-order valence-electron chi connectivity index (χ4n) is 2.53. The number of aromatic hydroxyl groups is 1. The zero-order valence-corrected chi connectivity index (χ0v) is 17.1. The minimum absolute atomic E-state index is 0.0555. The number of nitrogens with one attached hydrogen (secondary N) is 1. The number of phenols is 1. The number of amides is 1. The van der Waals surface area contributed by atoms with Crippen LogP contribution in [0.4, 0.5) is 0 Å². The second-order valence-electron chi connectivity index (χ2n) is 5.98. The molecule has 156 valence electrons. The molecule has 0 fully saturated rings. The van der Waals surface area contributed by atoms with Gasteiger partial charge < -0.3 is 24.6 Å². The summed E-state index contributed by atoms with van der Waals surface area (Å²) in [5.74, 6) is -0.206. The average molecular weight is 422 g/mol. The van der Waals surface area contributed by atoms with Crippen molar-refractivity contribution in [3.8, 4) is 17.2 Å². The Morgan fingerprint density at radius 3 is 2.45 bits per heavy atom. The summed E-state index contributed by atoms with van der Waals surface area (Å²) in [6.45, 7) is 4.78. The molecule has 0 unspecified atom stereocenters. The summed E-state index contributed by atoms with van der Waals surface area (Å²) >= 11 is 5.72. The van der Waals surface area contributed by atoms with Crippen LogP contribution in [0.2, 0.25) is 5.02 Å². The Labute approximate surface area is 174 Å². The molecule has 7 nitrogen and oxygen atoms in total. The van der Waals surface area contributed by atoms with Gasteiger partial charge >= 0.3 is 5.97 Å². The lowest BCUT2D eigenvalue weighted by atomic mass is 10.1. The zero-order chi connectivity index (χ0) is 21.2. The maximum Gasteiger partial charge on any atom is 0.342 e. The maximum absolute atomic E-state index is 11.9. The number of carbonyl (C=O) groups is 2. The van der Waals surface area contributed by atoms with E-state index in [2.05, 4.69) is 5.32 Å². The second kappa shape index (κ2) is 11.2. The summed E-state index contributed by atoms with van der Waals surface area (Å²) in [5, 5.41) is 12.7. The van der Waals surface area contributed by atoms with Crippen LogP contribution in [-0.2, 0) is 16.0 Å². The van der Waals surface area contributed by atoms with Crippen LogP contribution in [0, 0.1) is 0 Å². The topological polar surface area (TPSA) is 94.1 Å². The summed E-state index contributed by atoms with van der Waals surface area (Å²) in [6, 6.07) is 9.63. The smallest absolute Gasteiger partial charge is 0.342 e. The highest BCUT2D eigenvalue weighted by molar-refractivity contribution is 6.30. The quantitative estimate of drug-likeness (QED) is 0.571. The molecule has 0 aliphatic carbocycles. The number of phenolic OH excluding ortho intramolecular Hbond substituents is 1. The summed E-state index contributed by atoms with van der Waals surface area (Å²) in [4.78, 5) is 23.8. The van der Waals surface area contributed by atoms with Crippen LogP contribution >= 0.6 is 11.6 Å². The van der Waals surface area contributed by atoms with Crippen LogP contribution in [-0.4, -0.2) is 43.3 Å². The average Bonchev–Trinajstić information content (AvgIpc) is 2.68. The maximum atomic E-state index is 11.9. The van der Waals surface area contributed by atoms with Crippen LogP contribution in [0.5, 0.6) is 17.2 Å². The molecule has 0 bridgehead atoms. The van der Waals surface area contributed by atoms with E-state index in [0.717, 1.165) is 5.56 Å². The van der Waals surface area contributed by atoms with Crippen molar-refractivity contribution in [2.75, 3.05) is 26.4 Å². The Hall–Kier alpha value is -2.93. The minimum Gasteiger partial charge on any atom is -0.507 e. The van der Waals surface area contributed by atoms with E-state index in [-0.39, 0.29) is 11.3 Å². The standard InChI is InChI=1S/C21H24ClNO6/c1-3-27-18-8-5-14(11-19(18)28-4-2)9-10-23-20(25)13-29-21(26)16-7-6-15(22)12-17(16)24/h5-8,11-12,24H,3-4,9-10,13H2,1-2H3,(H,23,25). The van der Waals surface area contributed by atoms with Crippen molar-refractivity contribution in [2.24, 2.45) is 0 Å². The molecule has 0 atom stereocenters. The summed E-state index contributed by atoms with van der Waals surface area (Å²) in [7, 11) is 0. The largest absolute Gasteiger partial charge is 0.507 e. The van der Waals surface area contributed by atoms with E-state index in [4.69, 9.17) is 25.8 Å². The Balaban J connectivity index is 1.80. The molecule has 2 rings (SSSR count). The number of hydrogen-bond donors (Lipinski definition) is 2. The van der Waals surface area contributed by atoms with E-state index in [0.29, 0.717) is 42.7 Å². The van der Waals surface area contributed by atoms with Gasteiger partial charge in [0.05, 0.1) is 13.2 Å². The van der Waals surface area contributed by atoms with E-state index in [9.17, 15) is 14.7 Å². The first-order valence-corrected chi connectivity index (χ1v) is 9.63. The van der Waals surface area contributed by atoms with Gasteiger partial charge in [-0.3, -0.25) is 4.79 Å². The summed E-state index contributed by atoms with van der Waals surface area (Å²) in [6.07, 6.45) is 0.574. The van der Waals surface area contributed by atoms with Crippen LogP contribution in [0.25, 0.3) is 0 Å². The fourth-order valence-corrected chi connectivity index (χ4v) is 2.70. The molecule has 0 aliphatic heterocycles. The van der Waals surface area contributed by atoms with Gasteiger partial charge in [-0.05, 0) is 56.2 Å². The molecule has 0 aliphatic rings. The highest BCUT2D eigenvalue weighted by Gasteiger charge is 2.14. The number of ether oxygens (including phenoxy) is 3. The Morgan fingerprint density at radius 1 is 1.03 bits per heavy atom. The number of hydrogen-bond acceptors (Lipinski definition) is 6. The van der Waals surface area contributed by atoms with Crippen molar-refractivity contribution in [1.29, 1.82) is 0 Å². The van der Waals surface area contributed by atoms with Crippen molar-refractivity contribution in [1.82, 2.24) is 5.32 Å². The number of rotatable bonds is 10. The van der Waals surface area contributed by atoms with Gasteiger partial charge in [-0.2, -0.15) is 0 Å². The molecule has 0 heterocycles. The van der Waals surface area contributed by atoms with E-state index >= 15 is 0 Å². The molecule has 2 aromatic rings. The van der Waals surface area contributed by atoms with Crippen molar-refractivity contribution in [3.63, 3.8) is 0 Å². The third-order valence-electron chi connectivity index (χ3n) is 3.86. The van der Waals surface area contributed by atoms with Crippen LogP contribution < -0.4 is 14.8 Å². The molecule has 0 saturated heterocycles. The van der Waals surface area contributed by atoms with Gasteiger partial charge in [-0.15, -0.1) is 0 Å².